The number of nitrogens with one attached hydrogen (secondary N) is 1. The molecule has 2 aliphatic rings. The van der Waals surface area contributed by atoms with Gasteiger partial charge >= 0.3 is 0 Å². The van der Waals surface area contributed by atoms with E-state index in [1.54, 1.807) is 0 Å². The van der Waals surface area contributed by atoms with E-state index in [9.17, 15) is 0 Å². The first-order valence-corrected chi connectivity index (χ1v) is 8.61. The predicted molar refractivity (Wildman–Crippen MR) is 86.2 cm³/mol. The summed E-state index contributed by atoms with van der Waals surface area (Å²) in [6.45, 7) is 5.47. The van der Waals surface area contributed by atoms with Crippen molar-refractivity contribution in [2.45, 2.75) is 57.6 Å². The zero-order chi connectivity index (χ0) is 14.2. The molecule has 1 fully saturated rings. The number of fused-ring (bicyclic) bond motifs is 1. The summed E-state index contributed by atoms with van der Waals surface area (Å²) in [7, 11) is 0. The maximum absolute atomic E-state index is 6.40. The van der Waals surface area contributed by atoms with E-state index < -0.39 is 0 Å². The highest BCUT2D eigenvalue weighted by atomic mass is 79.9. The lowest BCUT2D eigenvalue weighted by molar-refractivity contribution is 0.0127. The summed E-state index contributed by atoms with van der Waals surface area (Å²) in [5.41, 5.74) is 1.28. The second-order valence-electron chi connectivity index (χ2n) is 6.55. The third-order valence-electron chi connectivity index (χ3n) is 4.74. The van der Waals surface area contributed by atoms with Crippen LogP contribution in [0.1, 0.15) is 57.6 Å². The molecule has 0 aromatic heterocycles. The third kappa shape index (κ3) is 2.89. The summed E-state index contributed by atoms with van der Waals surface area (Å²) in [6.07, 6.45) is 6.45. The van der Waals surface area contributed by atoms with Crippen molar-refractivity contribution in [3.63, 3.8) is 0 Å². The van der Waals surface area contributed by atoms with Crippen LogP contribution in [-0.4, -0.2) is 12.1 Å². The molecule has 0 amide bonds. The second kappa shape index (κ2) is 5.69. The van der Waals surface area contributed by atoms with E-state index in [-0.39, 0.29) is 5.60 Å². The highest BCUT2D eigenvalue weighted by Gasteiger charge is 2.39. The van der Waals surface area contributed by atoms with Crippen LogP contribution in [0.4, 0.5) is 0 Å². The fourth-order valence-corrected chi connectivity index (χ4v) is 3.97. The van der Waals surface area contributed by atoms with Crippen molar-refractivity contribution in [2.75, 3.05) is 6.54 Å². The first-order chi connectivity index (χ1) is 9.59. The summed E-state index contributed by atoms with van der Waals surface area (Å²) < 4.78 is 7.53. The van der Waals surface area contributed by atoms with E-state index in [1.165, 1.54) is 31.2 Å². The fraction of sp³-hybridized carbons (Fsp3) is 0.647. The molecule has 2 unspecified atom stereocenters. The minimum Gasteiger partial charge on any atom is -0.487 e. The van der Waals surface area contributed by atoms with Crippen molar-refractivity contribution in [3.05, 3.63) is 28.2 Å². The highest BCUT2D eigenvalue weighted by molar-refractivity contribution is 9.10. The van der Waals surface area contributed by atoms with Crippen LogP contribution >= 0.6 is 15.9 Å². The van der Waals surface area contributed by atoms with Gasteiger partial charge in [0, 0.05) is 22.5 Å². The van der Waals surface area contributed by atoms with E-state index in [2.05, 4.69) is 53.3 Å². The van der Waals surface area contributed by atoms with E-state index in [0.29, 0.717) is 6.04 Å². The molecule has 0 spiro atoms. The Morgan fingerprint density at radius 1 is 1.40 bits per heavy atom. The number of rotatable bonds is 4. The summed E-state index contributed by atoms with van der Waals surface area (Å²) in [6, 6.07) is 6.80. The molecule has 1 aromatic carbocycles. The normalized spacial score (nSPS) is 29.4. The maximum Gasteiger partial charge on any atom is 0.124 e. The molecular weight excluding hydrogens is 314 g/mol. The largest absolute Gasteiger partial charge is 0.487 e. The molecule has 0 radical (unpaired) electrons. The molecule has 110 valence electrons. The Morgan fingerprint density at radius 3 is 2.85 bits per heavy atom. The van der Waals surface area contributed by atoms with Crippen molar-refractivity contribution in [1.29, 1.82) is 0 Å². The average Bonchev–Trinajstić information content (AvgIpc) is 2.36. The number of hydrogen-bond donors (Lipinski definition) is 1. The van der Waals surface area contributed by atoms with Gasteiger partial charge in [-0.3, -0.25) is 0 Å². The van der Waals surface area contributed by atoms with Gasteiger partial charge in [0.1, 0.15) is 11.4 Å². The van der Waals surface area contributed by atoms with E-state index in [4.69, 9.17) is 4.74 Å². The zero-order valence-corrected chi connectivity index (χ0v) is 14.0. The van der Waals surface area contributed by atoms with Gasteiger partial charge in [-0.2, -0.15) is 0 Å². The molecule has 3 rings (SSSR count). The molecule has 2 nitrogen and oxygen atoms in total. The van der Waals surface area contributed by atoms with Crippen LogP contribution in [0.25, 0.3) is 0 Å². The van der Waals surface area contributed by atoms with Gasteiger partial charge in [0.05, 0.1) is 0 Å². The SMILES string of the molecule is CCNC1CC(C)(CC2CCC2)Oc2ccc(Br)cc21. The van der Waals surface area contributed by atoms with Crippen LogP contribution in [0.2, 0.25) is 0 Å². The number of ether oxygens (including phenoxy) is 1. The molecule has 1 saturated carbocycles. The molecule has 1 heterocycles. The van der Waals surface area contributed by atoms with Crippen LogP contribution in [0, 0.1) is 5.92 Å². The van der Waals surface area contributed by atoms with Gasteiger partial charge in [0.2, 0.25) is 0 Å². The quantitative estimate of drug-likeness (QED) is 0.849. The molecule has 3 heteroatoms. The van der Waals surface area contributed by atoms with Gasteiger partial charge in [-0.1, -0.05) is 42.1 Å². The standard InChI is InChI=1S/C17H24BrNO/c1-3-19-15-11-17(2,10-12-5-4-6-12)20-16-8-7-13(18)9-14(15)16/h7-9,12,15,19H,3-6,10-11H2,1-2H3. The molecular formula is C17H24BrNO. The lowest BCUT2D eigenvalue weighted by Crippen LogP contribution is -2.44. The first kappa shape index (κ1) is 14.4. The molecule has 1 aliphatic carbocycles. The van der Waals surface area contributed by atoms with Crippen molar-refractivity contribution >= 4 is 15.9 Å². The van der Waals surface area contributed by atoms with Gasteiger partial charge in [-0.05, 0) is 44.0 Å². The van der Waals surface area contributed by atoms with E-state index in [0.717, 1.165) is 29.1 Å². The number of hydrogen-bond acceptors (Lipinski definition) is 2. The lowest BCUT2D eigenvalue weighted by atomic mass is 9.74. The molecule has 20 heavy (non-hydrogen) atoms. The van der Waals surface area contributed by atoms with Crippen molar-refractivity contribution in [3.8, 4) is 5.75 Å². The molecule has 1 aliphatic heterocycles. The van der Waals surface area contributed by atoms with Crippen LogP contribution in [0.5, 0.6) is 5.75 Å². The third-order valence-corrected chi connectivity index (χ3v) is 5.23. The topological polar surface area (TPSA) is 21.3 Å². The van der Waals surface area contributed by atoms with Crippen LogP contribution in [-0.2, 0) is 0 Å². The van der Waals surface area contributed by atoms with Gasteiger partial charge in [-0.15, -0.1) is 0 Å². The van der Waals surface area contributed by atoms with Crippen LogP contribution < -0.4 is 10.1 Å². The van der Waals surface area contributed by atoms with Gasteiger partial charge < -0.3 is 10.1 Å². The molecule has 1 N–H and O–H groups in total. The Bertz CT molecular complexity index is 486. The average molecular weight is 338 g/mol. The highest BCUT2D eigenvalue weighted by Crippen LogP contribution is 2.45. The summed E-state index contributed by atoms with van der Waals surface area (Å²) >= 11 is 3.57. The van der Waals surface area contributed by atoms with E-state index in [1.807, 2.05) is 0 Å². The Hall–Kier alpha value is -0.540. The van der Waals surface area contributed by atoms with Crippen LogP contribution in [0.3, 0.4) is 0 Å². The second-order valence-corrected chi connectivity index (χ2v) is 7.47. The maximum atomic E-state index is 6.40. The predicted octanol–water partition coefficient (Wildman–Crippen LogP) is 4.83. The van der Waals surface area contributed by atoms with Gasteiger partial charge in [-0.25, -0.2) is 0 Å². The van der Waals surface area contributed by atoms with Crippen molar-refractivity contribution < 1.29 is 4.74 Å². The minimum absolute atomic E-state index is 0.0151. The molecule has 2 atom stereocenters. The Labute approximate surface area is 130 Å². The molecule has 0 saturated heterocycles. The van der Waals surface area contributed by atoms with Crippen LogP contribution in [0.15, 0.2) is 22.7 Å². The Morgan fingerprint density at radius 2 is 2.20 bits per heavy atom. The molecule has 0 bridgehead atoms. The van der Waals surface area contributed by atoms with Crippen molar-refractivity contribution in [2.24, 2.45) is 5.92 Å². The summed E-state index contributed by atoms with van der Waals surface area (Å²) in [5, 5.41) is 3.63. The monoisotopic (exact) mass is 337 g/mol. The van der Waals surface area contributed by atoms with Crippen molar-refractivity contribution in [1.82, 2.24) is 5.32 Å². The Balaban J connectivity index is 1.85. The smallest absolute Gasteiger partial charge is 0.124 e. The fourth-order valence-electron chi connectivity index (χ4n) is 3.59. The zero-order valence-electron chi connectivity index (χ0n) is 12.4. The number of benzene rings is 1. The lowest BCUT2D eigenvalue weighted by Gasteiger charge is -2.43. The first-order valence-electron chi connectivity index (χ1n) is 7.81. The minimum atomic E-state index is -0.0151. The van der Waals surface area contributed by atoms with E-state index >= 15 is 0 Å². The van der Waals surface area contributed by atoms with Gasteiger partial charge in [0.25, 0.3) is 0 Å². The summed E-state index contributed by atoms with van der Waals surface area (Å²) in [4.78, 5) is 0. The summed E-state index contributed by atoms with van der Waals surface area (Å²) in [5.74, 6) is 1.94. The van der Waals surface area contributed by atoms with Gasteiger partial charge in [0.15, 0.2) is 0 Å². The Kier molecular flexibility index (Phi) is 4.09. The number of halogens is 1. The molecule has 1 aromatic rings.